The number of aliphatic imine (C=N–C) groups is 2. The zero-order valence-electron chi connectivity index (χ0n) is 16.0. The number of halogens is 1. The average Bonchev–Trinajstić information content (AvgIpc) is 2.98. The molecule has 0 aromatic heterocycles. The number of rotatable bonds is 4. The summed E-state index contributed by atoms with van der Waals surface area (Å²) in [5, 5.41) is 8.68. The number of hydrogen-bond acceptors (Lipinski definition) is 4. The topological polar surface area (TPSA) is 121 Å². The van der Waals surface area contributed by atoms with Crippen LogP contribution in [0.25, 0.3) is 0 Å². The molecule has 3 rings (SSSR count). The number of amides is 2. The summed E-state index contributed by atoms with van der Waals surface area (Å²) in [4.78, 5) is 32.5. The first-order valence-corrected chi connectivity index (χ1v) is 9.30. The maximum atomic E-state index is 12.2. The first-order valence-electron chi connectivity index (χ1n) is 8.92. The van der Waals surface area contributed by atoms with E-state index in [4.69, 9.17) is 17.3 Å². The Kier molecular flexibility index (Phi) is 6.13. The Morgan fingerprint density at radius 3 is 2.55 bits per heavy atom. The van der Waals surface area contributed by atoms with Crippen LogP contribution in [0.1, 0.15) is 17.5 Å². The van der Waals surface area contributed by atoms with Crippen molar-refractivity contribution < 1.29 is 9.59 Å². The van der Waals surface area contributed by atoms with E-state index in [2.05, 4.69) is 25.9 Å². The predicted molar refractivity (Wildman–Crippen MR) is 115 cm³/mol. The maximum Gasteiger partial charge on any atom is 0.252 e. The zero-order valence-corrected chi connectivity index (χ0v) is 16.7. The number of carbonyl (C=O) groups is 2. The molecule has 29 heavy (non-hydrogen) atoms. The minimum absolute atomic E-state index is 0.0586. The van der Waals surface area contributed by atoms with Crippen LogP contribution in [0.3, 0.4) is 0 Å². The van der Waals surface area contributed by atoms with Crippen LogP contribution in [-0.2, 0) is 9.59 Å². The van der Waals surface area contributed by atoms with Gasteiger partial charge in [0, 0.05) is 16.4 Å². The van der Waals surface area contributed by atoms with Crippen LogP contribution < -0.4 is 21.7 Å². The van der Waals surface area contributed by atoms with Gasteiger partial charge in [0.25, 0.3) is 5.91 Å². The summed E-state index contributed by atoms with van der Waals surface area (Å²) in [5.74, 6) is -0.635. The molecule has 1 heterocycles. The lowest BCUT2D eigenvalue weighted by molar-refractivity contribution is -0.123. The lowest BCUT2D eigenvalue weighted by Gasteiger charge is -2.08. The number of nitrogens with zero attached hydrogens (tertiary/aromatic N) is 2. The summed E-state index contributed by atoms with van der Waals surface area (Å²) >= 11 is 6.05. The Balaban J connectivity index is 1.60. The van der Waals surface area contributed by atoms with Crippen LogP contribution >= 0.6 is 11.6 Å². The van der Waals surface area contributed by atoms with E-state index in [1.54, 1.807) is 18.2 Å². The van der Waals surface area contributed by atoms with Crippen molar-refractivity contribution in [3.05, 3.63) is 58.6 Å². The molecule has 0 spiro atoms. The molecule has 0 saturated carbocycles. The van der Waals surface area contributed by atoms with E-state index < -0.39 is 11.9 Å². The highest BCUT2D eigenvalue weighted by molar-refractivity contribution is 6.31. The summed E-state index contributed by atoms with van der Waals surface area (Å²) < 4.78 is 0. The first kappa shape index (κ1) is 20.3. The second-order valence-electron chi connectivity index (χ2n) is 6.66. The third kappa shape index (κ3) is 5.55. The van der Waals surface area contributed by atoms with E-state index in [-0.39, 0.29) is 24.2 Å². The largest absolute Gasteiger partial charge is 0.369 e. The average molecular weight is 413 g/mol. The van der Waals surface area contributed by atoms with Crippen LogP contribution in [0.5, 0.6) is 0 Å². The molecule has 2 aromatic rings. The van der Waals surface area contributed by atoms with E-state index in [0.29, 0.717) is 10.7 Å². The molecule has 0 bridgehead atoms. The van der Waals surface area contributed by atoms with Crippen molar-refractivity contribution >= 4 is 46.7 Å². The second kappa shape index (κ2) is 8.74. The lowest BCUT2D eigenvalue weighted by atomic mass is 10.2. The van der Waals surface area contributed by atoms with E-state index >= 15 is 0 Å². The predicted octanol–water partition coefficient (Wildman–Crippen LogP) is 2.57. The van der Waals surface area contributed by atoms with Crippen molar-refractivity contribution in [1.29, 1.82) is 0 Å². The van der Waals surface area contributed by atoms with Crippen LogP contribution in [-0.4, -0.2) is 29.8 Å². The standard InChI is InChI=1S/C20H21ClN6O2/c1-11-3-6-13(7-4-11)24-19(22)27-20-25-16(18(29)26-20)10-17(28)23-14-8-5-12(2)15(21)9-14/h3-9,16H,10H2,1-2H3,(H,23,28)(H4,22,24,25,26,27,29). The Labute approximate surface area is 173 Å². The fourth-order valence-corrected chi connectivity index (χ4v) is 2.79. The Morgan fingerprint density at radius 1 is 1.17 bits per heavy atom. The molecule has 2 aromatic carbocycles. The van der Waals surface area contributed by atoms with Gasteiger partial charge in [0.1, 0.15) is 6.04 Å². The van der Waals surface area contributed by atoms with Crippen LogP contribution in [0, 0.1) is 13.8 Å². The number of benzene rings is 2. The fourth-order valence-electron chi connectivity index (χ4n) is 2.61. The number of guanidine groups is 2. The van der Waals surface area contributed by atoms with E-state index in [9.17, 15) is 9.59 Å². The highest BCUT2D eigenvalue weighted by Gasteiger charge is 2.28. The van der Waals surface area contributed by atoms with Crippen molar-refractivity contribution in [3.63, 3.8) is 0 Å². The highest BCUT2D eigenvalue weighted by atomic mass is 35.5. The van der Waals surface area contributed by atoms with Gasteiger partial charge in [-0.2, -0.15) is 4.99 Å². The summed E-state index contributed by atoms with van der Waals surface area (Å²) in [6.07, 6.45) is -0.123. The van der Waals surface area contributed by atoms with Crippen LogP contribution in [0.15, 0.2) is 52.4 Å². The quantitative estimate of drug-likeness (QED) is 0.455. The van der Waals surface area contributed by atoms with Gasteiger partial charge in [0.05, 0.1) is 6.42 Å². The summed E-state index contributed by atoms with van der Waals surface area (Å²) in [7, 11) is 0. The molecule has 1 aliphatic rings. The lowest BCUT2D eigenvalue weighted by Crippen LogP contribution is -2.32. The number of nitrogens with one attached hydrogen (secondary N) is 3. The van der Waals surface area contributed by atoms with Crippen molar-refractivity contribution in [1.82, 2.24) is 5.32 Å². The number of hydrogen-bond donors (Lipinski definition) is 4. The van der Waals surface area contributed by atoms with Gasteiger partial charge in [-0.3, -0.25) is 14.9 Å². The molecule has 8 nitrogen and oxygen atoms in total. The van der Waals surface area contributed by atoms with Gasteiger partial charge in [-0.05, 0) is 43.7 Å². The van der Waals surface area contributed by atoms with Crippen molar-refractivity contribution in [3.8, 4) is 0 Å². The molecule has 1 aliphatic heterocycles. The minimum atomic E-state index is -0.873. The molecule has 0 fully saturated rings. The number of nitrogens with two attached hydrogens (primary N) is 1. The van der Waals surface area contributed by atoms with Gasteiger partial charge in [-0.15, -0.1) is 0 Å². The molecule has 1 atom stereocenters. The van der Waals surface area contributed by atoms with Gasteiger partial charge in [-0.25, -0.2) is 4.99 Å². The van der Waals surface area contributed by atoms with Crippen molar-refractivity contribution in [2.24, 2.45) is 15.7 Å². The molecular weight excluding hydrogens is 392 g/mol. The molecule has 0 aliphatic carbocycles. The van der Waals surface area contributed by atoms with Gasteiger partial charge in [0.2, 0.25) is 17.8 Å². The smallest absolute Gasteiger partial charge is 0.252 e. The highest BCUT2D eigenvalue weighted by Crippen LogP contribution is 2.20. The summed E-state index contributed by atoms with van der Waals surface area (Å²) in [6.45, 7) is 3.85. The number of carbonyl (C=O) groups excluding carboxylic acids is 2. The Morgan fingerprint density at radius 2 is 1.86 bits per heavy atom. The summed E-state index contributed by atoms with van der Waals surface area (Å²) in [6, 6.07) is 11.9. The van der Waals surface area contributed by atoms with Crippen molar-refractivity contribution in [2.45, 2.75) is 26.3 Å². The minimum Gasteiger partial charge on any atom is -0.369 e. The number of aryl methyl sites for hydroxylation is 2. The Hall–Kier alpha value is -3.39. The third-order valence-electron chi connectivity index (χ3n) is 4.20. The Bertz CT molecular complexity index is 1000. The van der Waals surface area contributed by atoms with Crippen LogP contribution in [0.4, 0.5) is 11.4 Å². The molecule has 5 N–H and O–H groups in total. The molecule has 150 valence electrons. The van der Waals surface area contributed by atoms with Crippen molar-refractivity contribution in [2.75, 3.05) is 10.6 Å². The maximum absolute atomic E-state index is 12.2. The van der Waals surface area contributed by atoms with E-state index in [1.807, 2.05) is 38.1 Å². The molecule has 9 heteroatoms. The monoisotopic (exact) mass is 412 g/mol. The molecule has 1 unspecified atom stereocenters. The normalized spacial score (nSPS) is 16.2. The van der Waals surface area contributed by atoms with E-state index in [0.717, 1.165) is 16.8 Å². The van der Waals surface area contributed by atoms with Crippen LogP contribution in [0.2, 0.25) is 5.02 Å². The molecule has 0 saturated heterocycles. The van der Waals surface area contributed by atoms with Gasteiger partial charge < -0.3 is 16.4 Å². The molecular formula is C20H21ClN6O2. The van der Waals surface area contributed by atoms with E-state index in [1.165, 1.54) is 0 Å². The zero-order chi connectivity index (χ0) is 21.0. The fraction of sp³-hybridized carbons (Fsp3) is 0.200. The number of anilines is 2. The first-order chi connectivity index (χ1) is 13.8. The molecule has 2 amide bonds. The van der Waals surface area contributed by atoms with Gasteiger partial charge in [0.15, 0.2) is 0 Å². The summed E-state index contributed by atoms with van der Waals surface area (Å²) in [5.41, 5.74) is 9.20. The van der Waals surface area contributed by atoms with Gasteiger partial charge in [-0.1, -0.05) is 35.4 Å². The molecule has 0 radical (unpaired) electrons. The SMILES string of the molecule is Cc1ccc(N/C(N)=N/C2=NC(CC(=O)Nc3ccc(C)c(Cl)c3)C(=O)N2)cc1. The third-order valence-corrected chi connectivity index (χ3v) is 4.61. The second-order valence-corrected chi connectivity index (χ2v) is 7.07. The van der Waals surface area contributed by atoms with Gasteiger partial charge >= 0.3 is 0 Å².